The molecule has 0 saturated heterocycles. The molecule has 6 heteroatoms. The van der Waals surface area contributed by atoms with Crippen LogP contribution in [0, 0.1) is 6.92 Å². The quantitative estimate of drug-likeness (QED) is 0.542. The summed E-state index contributed by atoms with van der Waals surface area (Å²) >= 11 is 0. The summed E-state index contributed by atoms with van der Waals surface area (Å²) in [6, 6.07) is 20.4. The molecule has 0 fully saturated rings. The maximum atomic E-state index is 6.61. The van der Waals surface area contributed by atoms with Gasteiger partial charge in [-0.25, -0.2) is 4.68 Å². The van der Waals surface area contributed by atoms with Crippen LogP contribution in [0.1, 0.15) is 34.4 Å². The van der Waals surface area contributed by atoms with Crippen molar-refractivity contribution in [3.8, 4) is 5.75 Å². The highest BCUT2D eigenvalue weighted by Gasteiger charge is 2.40. The van der Waals surface area contributed by atoms with Crippen LogP contribution in [0.4, 0.5) is 5.95 Å². The van der Waals surface area contributed by atoms with Crippen molar-refractivity contribution in [2.75, 3.05) is 5.32 Å². The van der Waals surface area contributed by atoms with E-state index in [1.165, 1.54) is 5.56 Å². The topological polar surface area (TPSA) is 64.9 Å². The molecule has 6 nitrogen and oxygen atoms in total. The molecular formula is C24H19N5O. The second kappa shape index (κ2) is 6.56. The molecule has 0 saturated carbocycles. The summed E-state index contributed by atoms with van der Waals surface area (Å²) in [6.07, 6.45) is 5.00. The minimum atomic E-state index is -0.258. The van der Waals surface area contributed by atoms with Crippen LogP contribution in [0.3, 0.4) is 0 Å². The number of benzene rings is 2. The molecule has 4 aromatic rings. The van der Waals surface area contributed by atoms with E-state index in [1.807, 2.05) is 41.2 Å². The first-order valence-corrected chi connectivity index (χ1v) is 9.93. The average Bonchev–Trinajstić information content (AvgIpc) is 3.27. The summed E-state index contributed by atoms with van der Waals surface area (Å²) in [5.74, 6) is 1.57. The summed E-state index contributed by atoms with van der Waals surface area (Å²) in [6.45, 7) is 2.09. The van der Waals surface area contributed by atoms with Crippen LogP contribution < -0.4 is 10.1 Å². The van der Waals surface area contributed by atoms with Gasteiger partial charge >= 0.3 is 0 Å². The second-order valence-corrected chi connectivity index (χ2v) is 7.58. The normalized spacial score (nSPS) is 19.2. The molecule has 2 atom stereocenters. The van der Waals surface area contributed by atoms with Gasteiger partial charge in [-0.1, -0.05) is 48.0 Å². The maximum Gasteiger partial charge on any atom is 0.226 e. The van der Waals surface area contributed by atoms with E-state index in [0.717, 1.165) is 33.7 Å². The zero-order valence-electron chi connectivity index (χ0n) is 16.4. The molecule has 2 aromatic carbocycles. The Morgan fingerprint density at radius 1 is 1.00 bits per heavy atom. The zero-order chi connectivity index (χ0) is 20.1. The predicted octanol–water partition coefficient (Wildman–Crippen LogP) is 4.54. The molecule has 6 rings (SSSR count). The van der Waals surface area contributed by atoms with E-state index >= 15 is 0 Å². The van der Waals surface area contributed by atoms with Crippen LogP contribution in [0.25, 0.3) is 5.70 Å². The van der Waals surface area contributed by atoms with E-state index in [0.29, 0.717) is 5.95 Å². The Morgan fingerprint density at radius 3 is 2.70 bits per heavy atom. The summed E-state index contributed by atoms with van der Waals surface area (Å²) in [7, 11) is 0. The molecule has 2 aliphatic heterocycles. The Kier molecular flexibility index (Phi) is 3.71. The van der Waals surface area contributed by atoms with Crippen LogP contribution in [0.5, 0.6) is 5.75 Å². The number of anilines is 1. The molecule has 30 heavy (non-hydrogen) atoms. The fourth-order valence-electron chi connectivity index (χ4n) is 4.34. The van der Waals surface area contributed by atoms with Crippen molar-refractivity contribution in [2.45, 2.75) is 19.1 Å². The van der Waals surface area contributed by atoms with Gasteiger partial charge in [0.1, 0.15) is 24.2 Å². The van der Waals surface area contributed by atoms with Gasteiger partial charge in [0.2, 0.25) is 5.95 Å². The molecule has 0 aliphatic carbocycles. The lowest BCUT2D eigenvalue weighted by Crippen LogP contribution is -2.32. The Morgan fingerprint density at radius 2 is 1.87 bits per heavy atom. The molecule has 4 heterocycles. The fourth-order valence-corrected chi connectivity index (χ4v) is 4.34. The number of nitrogens with zero attached hydrogens (tertiary/aromatic N) is 4. The maximum absolute atomic E-state index is 6.61. The molecule has 1 N–H and O–H groups in total. The Hall–Kier alpha value is -3.93. The van der Waals surface area contributed by atoms with E-state index in [1.54, 1.807) is 12.5 Å². The van der Waals surface area contributed by atoms with Gasteiger partial charge in [0.05, 0.1) is 5.70 Å². The Labute approximate surface area is 173 Å². The lowest BCUT2D eigenvalue weighted by atomic mass is 9.85. The number of aryl methyl sites for hydroxylation is 1. The third-order valence-electron chi connectivity index (χ3n) is 5.67. The minimum Gasteiger partial charge on any atom is -0.480 e. The molecule has 0 spiro atoms. The number of hydrogen-bond donors (Lipinski definition) is 1. The first kappa shape index (κ1) is 17.0. The van der Waals surface area contributed by atoms with E-state index in [4.69, 9.17) is 4.74 Å². The van der Waals surface area contributed by atoms with E-state index in [-0.39, 0.29) is 12.1 Å². The van der Waals surface area contributed by atoms with Crippen molar-refractivity contribution >= 4 is 11.6 Å². The zero-order valence-corrected chi connectivity index (χ0v) is 16.4. The SMILES string of the molecule is Cc1ccc2c(c1)C1=C([C@H](c3cccnc3)n3ncnc3N1)[C@@H](c1ccccc1)O2. The molecule has 0 bridgehead atoms. The molecule has 146 valence electrons. The summed E-state index contributed by atoms with van der Waals surface area (Å²) < 4.78 is 8.52. The van der Waals surface area contributed by atoms with Crippen molar-refractivity contribution in [1.29, 1.82) is 0 Å². The van der Waals surface area contributed by atoms with E-state index in [9.17, 15) is 0 Å². The van der Waals surface area contributed by atoms with Crippen LogP contribution in [-0.2, 0) is 0 Å². The number of nitrogens with one attached hydrogen (secondary N) is 1. The van der Waals surface area contributed by atoms with Crippen LogP contribution in [0.2, 0.25) is 0 Å². The van der Waals surface area contributed by atoms with Crippen LogP contribution >= 0.6 is 0 Å². The van der Waals surface area contributed by atoms with E-state index in [2.05, 4.69) is 57.6 Å². The number of rotatable bonds is 2. The number of aromatic nitrogens is 4. The van der Waals surface area contributed by atoms with Crippen LogP contribution in [-0.4, -0.2) is 19.7 Å². The lowest BCUT2D eigenvalue weighted by Gasteiger charge is -2.39. The van der Waals surface area contributed by atoms with Gasteiger partial charge in [0, 0.05) is 23.5 Å². The van der Waals surface area contributed by atoms with Gasteiger partial charge in [0.25, 0.3) is 0 Å². The van der Waals surface area contributed by atoms with Crippen molar-refractivity contribution in [2.24, 2.45) is 0 Å². The Balaban J connectivity index is 1.65. The van der Waals surface area contributed by atoms with E-state index < -0.39 is 0 Å². The summed E-state index contributed by atoms with van der Waals surface area (Å²) in [5.41, 5.74) is 6.48. The molecule has 0 unspecified atom stereocenters. The highest BCUT2D eigenvalue weighted by atomic mass is 16.5. The molecule has 2 aliphatic rings. The number of ether oxygens (including phenoxy) is 1. The summed E-state index contributed by atoms with van der Waals surface area (Å²) in [5, 5.41) is 8.06. The number of pyridine rings is 1. The monoisotopic (exact) mass is 393 g/mol. The standard InChI is InChI=1S/C24H19N5O/c1-15-9-10-19-18(12-15)21-20(23(30-19)16-6-3-2-4-7-16)22(17-8-5-11-25-13-17)29-24(28-21)26-14-27-29/h2-14,22-23H,1H3,(H,26,27,28)/t22-,23+/m0/s1. The smallest absolute Gasteiger partial charge is 0.226 e. The van der Waals surface area contributed by atoms with Gasteiger partial charge in [-0.05, 0) is 36.2 Å². The van der Waals surface area contributed by atoms with Gasteiger partial charge < -0.3 is 10.1 Å². The fraction of sp³-hybridized carbons (Fsp3) is 0.125. The number of hydrogen-bond acceptors (Lipinski definition) is 5. The molecule has 0 amide bonds. The third kappa shape index (κ3) is 2.54. The summed E-state index contributed by atoms with van der Waals surface area (Å²) in [4.78, 5) is 8.83. The highest BCUT2D eigenvalue weighted by molar-refractivity contribution is 5.85. The van der Waals surface area contributed by atoms with Crippen molar-refractivity contribution in [3.63, 3.8) is 0 Å². The molecular weight excluding hydrogens is 374 g/mol. The van der Waals surface area contributed by atoms with Gasteiger partial charge in [-0.15, -0.1) is 0 Å². The van der Waals surface area contributed by atoms with Gasteiger partial charge in [0.15, 0.2) is 0 Å². The average molecular weight is 393 g/mol. The van der Waals surface area contributed by atoms with Crippen molar-refractivity contribution in [3.05, 3.63) is 107 Å². The van der Waals surface area contributed by atoms with Gasteiger partial charge in [-0.2, -0.15) is 10.1 Å². The predicted molar refractivity (Wildman–Crippen MR) is 114 cm³/mol. The first-order valence-electron chi connectivity index (χ1n) is 9.93. The lowest BCUT2D eigenvalue weighted by molar-refractivity contribution is 0.223. The third-order valence-corrected chi connectivity index (χ3v) is 5.67. The molecule has 0 radical (unpaired) electrons. The minimum absolute atomic E-state index is 0.175. The molecule has 2 aromatic heterocycles. The highest BCUT2D eigenvalue weighted by Crippen LogP contribution is 2.50. The Bertz CT molecular complexity index is 1260. The number of fused-ring (bicyclic) bond motifs is 3. The van der Waals surface area contributed by atoms with Gasteiger partial charge in [-0.3, -0.25) is 4.98 Å². The van der Waals surface area contributed by atoms with Crippen LogP contribution in [0.15, 0.2) is 85.0 Å². The van der Waals surface area contributed by atoms with Crippen molar-refractivity contribution < 1.29 is 4.74 Å². The van der Waals surface area contributed by atoms with Crippen molar-refractivity contribution in [1.82, 2.24) is 19.7 Å². The second-order valence-electron chi connectivity index (χ2n) is 7.58. The first-order chi connectivity index (χ1) is 14.8. The largest absolute Gasteiger partial charge is 0.480 e.